The van der Waals surface area contributed by atoms with Crippen molar-refractivity contribution in [3.8, 4) is 5.75 Å². The van der Waals surface area contributed by atoms with Gasteiger partial charge in [-0.15, -0.1) is 0 Å². The molecule has 1 unspecified atom stereocenters. The molecule has 0 radical (unpaired) electrons. The molecule has 3 heteroatoms. The summed E-state index contributed by atoms with van der Waals surface area (Å²) in [7, 11) is 1.83. The maximum Gasteiger partial charge on any atom is 0.119 e. The molecule has 16 heavy (non-hydrogen) atoms. The summed E-state index contributed by atoms with van der Waals surface area (Å²) >= 11 is 0. The lowest BCUT2D eigenvalue weighted by molar-refractivity contribution is 0.176. The zero-order valence-corrected chi connectivity index (χ0v) is 9.66. The molecule has 0 amide bonds. The minimum Gasteiger partial charge on any atom is -0.508 e. The molecule has 1 atom stereocenters. The van der Waals surface area contributed by atoms with Gasteiger partial charge in [-0.25, -0.2) is 0 Å². The van der Waals surface area contributed by atoms with E-state index in [2.05, 4.69) is 5.32 Å². The van der Waals surface area contributed by atoms with Crippen molar-refractivity contribution < 1.29 is 10.2 Å². The van der Waals surface area contributed by atoms with Crippen molar-refractivity contribution in [2.75, 3.05) is 13.6 Å². The fourth-order valence-corrected chi connectivity index (χ4v) is 2.49. The molecule has 0 saturated heterocycles. The van der Waals surface area contributed by atoms with Crippen LogP contribution in [0.4, 0.5) is 0 Å². The Morgan fingerprint density at radius 3 is 2.62 bits per heavy atom. The van der Waals surface area contributed by atoms with Crippen LogP contribution in [0.2, 0.25) is 0 Å². The average molecular weight is 221 g/mol. The van der Waals surface area contributed by atoms with Crippen LogP contribution in [0.25, 0.3) is 0 Å². The molecule has 0 bridgehead atoms. The van der Waals surface area contributed by atoms with Crippen molar-refractivity contribution in [1.29, 1.82) is 0 Å². The highest BCUT2D eigenvalue weighted by Crippen LogP contribution is 2.33. The zero-order valence-electron chi connectivity index (χ0n) is 9.66. The largest absolute Gasteiger partial charge is 0.508 e. The number of benzene rings is 1. The van der Waals surface area contributed by atoms with Crippen LogP contribution in [0.15, 0.2) is 12.1 Å². The van der Waals surface area contributed by atoms with Gasteiger partial charge in [0, 0.05) is 6.54 Å². The van der Waals surface area contributed by atoms with Crippen LogP contribution in [0.1, 0.15) is 35.6 Å². The lowest BCUT2D eigenvalue weighted by Gasteiger charge is -2.23. The van der Waals surface area contributed by atoms with Gasteiger partial charge in [0.1, 0.15) is 5.75 Å². The smallest absolute Gasteiger partial charge is 0.119 e. The van der Waals surface area contributed by atoms with E-state index in [9.17, 15) is 10.2 Å². The number of likely N-dealkylation sites (N-methyl/N-ethyl adjacent to an activating group) is 1. The van der Waals surface area contributed by atoms with Crippen LogP contribution < -0.4 is 5.32 Å². The number of aliphatic hydroxyl groups is 1. The lowest BCUT2D eigenvalue weighted by atomic mass is 9.86. The first-order chi connectivity index (χ1) is 7.74. The molecule has 3 nitrogen and oxygen atoms in total. The third-order valence-corrected chi connectivity index (χ3v) is 3.30. The van der Waals surface area contributed by atoms with E-state index in [0.717, 1.165) is 42.4 Å². The molecule has 1 aromatic rings. The van der Waals surface area contributed by atoms with Crippen LogP contribution in [0, 0.1) is 0 Å². The van der Waals surface area contributed by atoms with Crippen molar-refractivity contribution in [2.24, 2.45) is 0 Å². The first-order valence-corrected chi connectivity index (χ1v) is 5.90. The molecule has 1 aliphatic rings. The zero-order chi connectivity index (χ0) is 11.5. The fraction of sp³-hybridized carbons (Fsp3) is 0.538. The molecule has 0 fully saturated rings. The van der Waals surface area contributed by atoms with Gasteiger partial charge in [0.2, 0.25) is 0 Å². The maximum absolute atomic E-state index is 10.0. The Labute approximate surface area is 96.1 Å². The number of rotatable bonds is 3. The van der Waals surface area contributed by atoms with Crippen LogP contribution in [-0.2, 0) is 12.8 Å². The molecular weight excluding hydrogens is 202 g/mol. The summed E-state index contributed by atoms with van der Waals surface area (Å²) in [6.45, 7) is 0.553. The van der Waals surface area contributed by atoms with Crippen LogP contribution in [-0.4, -0.2) is 23.8 Å². The van der Waals surface area contributed by atoms with E-state index < -0.39 is 6.10 Å². The standard InChI is InChI=1S/C13H19NO2/c1-14-8-13(16)11-6-7-12(15)10-5-3-2-4-9(10)11/h6-7,13-16H,2-5,8H2,1H3. The van der Waals surface area contributed by atoms with E-state index >= 15 is 0 Å². The Bertz CT molecular complexity index is 376. The second kappa shape index (κ2) is 4.85. The summed E-state index contributed by atoms with van der Waals surface area (Å²) in [5.74, 6) is 0.384. The minimum absolute atomic E-state index is 0.384. The fourth-order valence-electron chi connectivity index (χ4n) is 2.49. The van der Waals surface area contributed by atoms with E-state index in [4.69, 9.17) is 0 Å². The molecule has 1 aromatic carbocycles. The molecule has 0 heterocycles. The number of phenolic OH excluding ortho intramolecular Hbond substituents is 1. The van der Waals surface area contributed by atoms with Crippen molar-refractivity contribution >= 4 is 0 Å². The third-order valence-electron chi connectivity index (χ3n) is 3.30. The van der Waals surface area contributed by atoms with Gasteiger partial charge in [-0.2, -0.15) is 0 Å². The second-order valence-electron chi connectivity index (χ2n) is 4.41. The number of phenols is 1. The number of nitrogens with one attached hydrogen (secondary N) is 1. The van der Waals surface area contributed by atoms with Gasteiger partial charge in [0.25, 0.3) is 0 Å². The van der Waals surface area contributed by atoms with Crippen LogP contribution in [0.5, 0.6) is 5.75 Å². The highest BCUT2D eigenvalue weighted by molar-refractivity contribution is 5.46. The highest BCUT2D eigenvalue weighted by Gasteiger charge is 2.20. The van der Waals surface area contributed by atoms with Crippen molar-refractivity contribution in [3.05, 3.63) is 28.8 Å². The Balaban J connectivity index is 2.38. The Morgan fingerprint density at radius 2 is 1.94 bits per heavy atom. The van der Waals surface area contributed by atoms with Crippen LogP contribution >= 0.6 is 0 Å². The molecule has 0 aromatic heterocycles. The Hall–Kier alpha value is -1.06. The molecule has 1 aliphatic carbocycles. The Kier molecular flexibility index (Phi) is 3.46. The van der Waals surface area contributed by atoms with E-state index in [1.54, 1.807) is 6.07 Å². The van der Waals surface area contributed by atoms with Gasteiger partial charge in [0.15, 0.2) is 0 Å². The predicted octanol–water partition coefficient (Wildman–Crippen LogP) is 1.52. The van der Waals surface area contributed by atoms with Gasteiger partial charge in [-0.3, -0.25) is 0 Å². The first-order valence-electron chi connectivity index (χ1n) is 5.90. The molecule has 88 valence electrons. The normalized spacial score (nSPS) is 16.9. The molecule has 0 aliphatic heterocycles. The van der Waals surface area contributed by atoms with E-state index in [1.165, 1.54) is 0 Å². The second-order valence-corrected chi connectivity index (χ2v) is 4.41. The number of hydrogen-bond acceptors (Lipinski definition) is 3. The molecule has 3 N–H and O–H groups in total. The van der Waals surface area contributed by atoms with Gasteiger partial charge < -0.3 is 15.5 Å². The number of aliphatic hydroxyl groups excluding tert-OH is 1. The van der Waals surface area contributed by atoms with Crippen LogP contribution in [0.3, 0.4) is 0 Å². The monoisotopic (exact) mass is 221 g/mol. The van der Waals surface area contributed by atoms with Gasteiger partial charge >= 0.3 is 0 Å². The summed E-state index contributed by atoms with van der Waals surface area (Å²) in [4.78, 5) is 0. The summed E-state index contributed by atoms with van der Waals surface area (Å²) in [6.07, 6.45) is 3.71. The van der Waals surface area contributed by atoms with Gasteiger partial charge in [-0.1, -0.05) is 6.07 Å². The number of fused-ring (bicyclic) bond motifs is 1. The SMILES string of the molecule is CNCC(O)c1ccc(O)c2c1CCCC2. The number of aromatic hydroxyl groups is 1. The highest BCUT2D eigenvalue weighted by atomic mass is 16.3. The topological polar surface area (TPSA) is 52.5 Å². The summed E-state index contributed by atoms with van der Waals surface area (Å²) in [6, 6.07) is 3.56. The van der Waals surface area contributed by atoms with E-state index in [0.29, 0.717) is 12.3 Å². The van der Waals surface area contributed by atoms with Crippen molar-refractivity contribution in [1.82, 2.24) is 5.32 Å². The lowest BCUT2D eigenvalue weighted by Crippen LogP contribution is -2.19. The van der Waals surface area contributed by atoms with E-state index in [-0.39, 0.29) is 0 Å². The summed E-state index contributed by atoms with van der Waals surface area (Å²) in [5, 5.41) is 22.8. The third kappa shape index (κ3) is 2.06. The molecule has 2 rings (SSSR count). The first kappa shape index (κ1) is 11.4. The summed E-state index contributed by atoms with van der Waals surface area (Å²) in [5.41, 5.74) is 3.18. The minimum atomic E-state index is -0.475. The van der Waals surface area contributed by atoms with Crippen molar-refractivity contribution in [3.63, 3.8) is 0 Å². The number of hydrogen-bond donors (Lipinski definition) is 3. The average Bonchev–Trinajstić information content (AvgIpc) is 2.30. The van der Waals surface area contributed by atoms with Crippen molar-refractivity contribution in [2.45, 2.75) is 31.8 Å². The van der Waals surface area contributed by atoms with E-state index in [1.807, 2.05) is 13.1 Å². The van der Waals surface area contributed by atoms with Gasteiger partial charge in [-0.05, 0) is 55.5 Å². The maximum atomic E-state index is 10.0. The summed E-state index contributed by atoms with van der Waals surface area (Å²) < 4.78 is 0. The Morgan fingerprint density at radius 1 is 1.25 bits per heavy atom. The quantitative estimate of drug-likeness (QED) is 0.725. The molecule has 0 spiro atoms. The predicted molar refractivity (Wildman–Crippen MR) is 63.6 cm³/mol. The molecule has 0 saturated carbocycles. The molecular formula is C13H19NO2. The van der Waals surface area contributed by atoms with Gasteiger partial charge in [0.05, 0.1) is 6.10 Å².